The number of aliphatic carboxylic acids is 2. The molecule has 0 aliphatic heterocycles. The number of hydrogen-bond acceptors (Lipinski definition) is 5. The minimum atomic E-state index is -2.80. The van der Waals surface area contributed by atoms with Gasteiger partial charge in [0.2, 0.25) is 0 Å². The first-order valence-corrected chi connectivity index (χ1v) is 2.40. The SMILES string of the molecule is F.F.O=C(O)C(F)C(=O)O.[Li+].[O-]B(O)O. The van der Waals surface area contributed by atoms with Crippen molar-refractivity contribution in [3.05, 3.63) is 0 Å². The molecule has 0 saturated carbocycles. The summed E-state index contributed by atoms with van der Waals surface area (Å²) in [6.45, 7) is 0. The molecular formula is C3H7BF3LiO7. The van der Waals surface area contributed by atoms with Gasteiger partial charge >= 0.3 is 38.1 Å². The zero-order valence-electron chi connectivity index (χ0n) is 7.36. The maximum Gasteiger partial charge on any atom is 1.00 e. The quantitative estimate of drug-likeness (QED) is 0.273. The first-order chi connectivity index (χ1) is 5.29. The van der Waals surface area contributed by atoms with Crippen LogP contribution < -0.4 is 23.9 Å². The van der Waals surface area contributed by atoms with Gasteiger partial charge in [0.1, 0.15) is 0 Å². The molecule has 86 valence electrons. The van der Waals surface area contributed by atoms with E-state index in [9.17, 15) is 14.0 Å². The smallest absolute Gasteiger partial charge is 0.832 e. The second kappa shape index (κ2) is 15.7. The summed E-state index contributed by atoms with van der Waals surface area (Å²) in [7, 11) is -2.42. The fourth-order valence-electron chi connectivity index (χ4n) is 0.106. The van der Waals surface area contributed by atoms with Crippen LogP contribution in [0.15, 0.2) is 0 Å². The van der Waals surface area contributed by atoms with Crippen molar-refractivity contribution in [1.82, 2.24) is 0 Å². The van der Waals surface area contributed by atoms with E-state index in [1.54, 1.807) is 0 Å². The van der Waals surface area contributed by atoms with Crippen LogP contribution in [-0.2, 0) is 9.59 Å². The van der Waals surface area contributed by atoms with E-state index in [0.29, 0.717) is 0 Å². The van der Waals surface area contributed by atoms with Gasteiger partial charge in [0.15, 0.2) is 0 Å². The van der Waals surface area contributed by atoms with E-state index < -0.39 is 25.4 Å². The van der Waals surface area contributed by atoms with Gasteiger partial charge < -0.3 is 25.3 Å². The van der Waals surface area contributed by atoms with Crippen molar-refractivity contribution in [2.45, 2.75) is 6.17 Å². The first kappa shape index (κ1) is 29.2. The van der Waals surface area contributed by atoms with Crippen LogP contribution in [-0.4, -0.2) is 45.7 Å². The Bertz CT molecular complexity index is 153. The topological polar surface area (TPSA) is 138 Å². The van der Waals surface area contributed by atoms with Crippen LogP contribution in [0.3, 0.4) is 0 Å². The van der Waals surface area contributed by atoms with Crippen molar-refractivity contribution in [1.29, 1.82) is 0 Å². The van der Waals surface area contributed by atoms with E-state index in [4.69, 9.17) is 25.3 Å². The molecule has 0 fully saturated rings. The maximum atomic E-state index is 11.4. The van der Waals surface area contributed by atoms with Gasteiger partial charge in [-0.25, -0.2) is 14.0 Å². The van der Waals surface area contributed by atoms with Gasteiger partial charge in [0, 0.05) is 0 Å². The monoisotopic (exact) mass is 230 g/mol. The average Bonchev–Trinajstić information content (AvgIpc) is 1.84. The Morgan fingerprint density at radius 2 is 1.27 bits per heavy atom. The number of carbonyl (C=O) groups is 2. The van der Waals surface area contributed by atoms with Gasteiger partial charge in [-0.3, -0.25) is 9.41 Å². The van der Waals surface area contributed by atoms with Crippen LogP contribution in [0.25, 0.3) is 0 Å². The third-order valence-corrected chi connectivity index (χ3v) is 0.434. The number of hydrogen-bond donors (Lipinski definition) is 4. The van der Waals surface area contributed by atoms with Crippen molar-refractivity contribution < 1.29 is 67.5 Å². The molecule has 0 aliphatic carbocycles. The van der Waals surface area contributed by atoms with Crippen LogP contribution in [0.2, 0.25) is 0 Å². The van der Waals surface area contributed by atoms with Crippen LogP contribution >= 0.6 is 0 Å². The first-order valence-electron chi connectivity index (χ1n) is 2.40. The summed E-state index contributed by atoms with van der Waals surface area (Å²) in [4.78, 5) is 18.8. The van der Waals surface area contributed by atoms with Crippen molar-refractivity contribution in [3.8, 4) is 0 Å². The van der Waals surface area contributed by atoms with Crippen LogP contribution in [0, 0.1) is 0 Å². The van der Waals surface area contributed by atoms with Crippen molar-refractivity contribution in [3.63, 3.8) is 0 Å². The summed E-state index contributed by atoms with van der Waals surface area (Å²) in [6.07, 6.45) is -2.80. The molecule has 0 aromatic heterocycles. The van der Waals surface area contributed by atoms with Crippen molar-refractivity contribution in [2.75, 3.05) is 0 Å². The molecule has 15 heavy (non-hydrogen) atoms. The van der Waals surface area contributed by atoms with E-state index >= 15 is 0 Å². The van der Waals surface area contributed by atoms with Gasteiger partial charge in [-0.2, -0.15) is 0 Å². The zero-order chi connectivity index (χ0) is 10.3. The molecule has 0 amide bonds. The largest absolute Gasteiger partial charge is 1.00 e. The Morgan fingerprint density at radius 3 is 1.27 bits per heavy atom. The molecule has 0 atom stereocenters. The molecule has 0 aliphatic rings. The third kappa shape index (κ3) is 31.9. The Labute approximate surface area is 93.6 Å². The molecule has 0 aromatic carbocycles. The standard InChI is InChI=1S/C3H3FO4.BH2O3.2FH.Li/c4-1(2(5)6)3(7)8;2-1(3)4;;;/h1H,(H,5,6)(H,7,8);2-3H;2*1H;/q;-1;;;+1. The van der Waals surface area contributed by atoms with Gasteiger partial charge in [-0.1, -0.05) is 0 Å². The van der Waals surface area contributed by atoms with E-state index in [0.717, 1.165) is 0 Å². The van der Waals surface area contributed by atoms with E-state index in [2.05, 4.69) is 0 Å². The fourth-order valence-corrected chi connectivity index (χ4v) is 0.106. The van der Waals surface area contributed by atoms with Crippen molar-refractivity contribution in [2.24, 2.45) is 0 Å². The summed E-state index contributed by atoms with van der Waals surface area (Å²) in [5.74, 6) is -3.95. The maximum absolute atomic E-state index is 11.4. The van der Waals surface area contributed by atoms with Gasteiger partial charge in [-0.15, -0.1) is 0 Å². The minimum Gasteiger partial charge on any atom is -0.832 e. The molecule has 7 nitrogen and oxygen atoms in total. The molecular weight excluding hydrogens is 223 g/mol. The molecule has 0 unspecified atom stereocenters. The van der Waals surface area contributed by atoms with Gasteiger partial charge in [0.25, 0.3) is 6.17 Å². The molecule has 12 heteroatoms. The van der Waals surface area contributed by atoms with E-state index in [-0.39, 0.29) is 28.3 Å². The zero-order valence-corrected chi connectivity index (χ0v) is 7.36. The molecule has 0 rings (SSSR count). The number of carboxylic acids is 2. The summed E-state index contributed by atoms with van der Waals surface area (Å²) >= 11 is 0. The molecule has 0 spiro atoms. The van der Waals surface area contributed by atoms with E-state index in [1.165, 1.54) is 0 Å². The number of carboxylic acid groups (broad SMARTS) is 2. The van der Waals surface area contributed by atoms with E-state index in [1.807, 2.05) is 0 Å². The predicted octanol–water partition coefficient (Wildman–Crippen LogP) is -5.88. The van der Waals surface area contributed by atoms with Crippen molar-refractivity contribution >= 4 is 19.3 Å². The van der Waals surface area contributed by atoms with Gasteiger partial charge in [0.05, 0.1) is 0 Å². The second-order valence-corrected chi connectivity index (χ2v) is 1.37. The van der Waals surface area contributed by atoms with Gasteiger partial charge in [-0.05, 0) is 0 Å². The number of alkyl halides is 1. The molecule has 0 saturated heterocycles. The summed E-state index contributed by atoms with van der Waals surface area (Å²) in [5.41, 5.74) is 0. The second-order valence-electron chi connectivity index (χ2n) is 1.37. The molecule has 4 N–H and O–H groups in total. The molecule has 0 heterocycles. The summed E-state index contributed by atoms with van der Waals surface area (Å²) < 4.78 is 11.4. The third-order valence-electron chi connectivity index (χ3n) is 0.434. The Hall–Kier alpha value is -0.728. The Morgan fingerprint density at radius 1 is 1.13 bits per heavy atom. The predicted molar refractivity (Wildman–Crippen MR) is 35.4 cm³/mol. The number of halogens is 3. The normalized spacial score (nSPS) is 6.73. The summed E-state index contributed by atoms with van der Waals surface area (Å²) in [5, 5.41) is 37.9. The minimum absolute atomic E-state index is 0. The number of rotatable bonds is 2. The fraction of sp³-hybridized carbons (Fsp3) is 0.333. The Kier molecular flexibility index (Phi) is 30.7. The summed E-state index contributed by atoms with van der Waals surface area (Å²) in [6, 6.07) is 0. The van der Waals surface area contributed by atoms with Crippen LogP contribution in [0.5, 0.6) is 0 Å². The average molecular weight is 230 g/mol. The van der Waals surface area contributed by atoms with Crippen LogP contribution in [0.1, 0.15) is 0 Å². The molecule has 0 radical (unpaired) electrons. The van der Waals surface area contributed by atoms with Crippen LogP contribution in [0.4, 0.5) is 13.8 Å². The molecule has 0 aromatic rings. The Balaban J connectivity index is -0.0000000424. The molecule has 0 bridgehead atoms.